The van der Waals surface area contributed by atoms with Crippen molar-refractivity contribution in [3.05, 3.63) is 11.6 Å². The van der Waals surface area contributed by atoms with Crippen molar-refractivity contribution in [3.8, 4) is 0 Å². The number of likely N-dealkylation sites (N-methyl/N-ethyl adjacent to an activating group) is 1. The molecule has 2 amide bonds. The zero-order valence-electron chi connectivity index (χ0n) is 23.4. The molecule has 0 radical (unpaired) electrons. The Hall–Kier alpha value is -1.89. The highest BCUT2D eigenvalue weighted by Gasteiger charge is 2.41. The van der Waals surface area contributed by atoms with E-state index in [-0.39, 0.29) is 35.8 Å². The average Bonchev–Trinajstić information content (AvgIpc) is 3.33. The van der Waals surface area contributed by atoms with E-state index in [0.29, 0.717) is 18.2 Å². The molecule has 2 fully saturated rings. The van der Waals surface area contributed by atoms with Crippen molar-refractivity contribution >= 4 is 17.8 Å². The number of nitrogens with one attached hydrogen (secondary N) is 1. The summed E-state index contributed by atoms with van der Waals surface area (Å²) in [5.74, 6) is -0.455. The maximum absolute atomic E-state index is 13.8. The van der Waals surface area contributed by atoms with Gasteiger partial charge in [0, 0.05) is 18.7 Å². The van der Waals surface area contributed by atoms with E-state index in [1.807, 2.05) is 40.7 Å². The standard InChI is InChI=1S/C28H49N3O4/c1-9-35-27(34)20(4)18-23(19(2)3)30(8)26(33)24(28(5,6)7)29-25(32)22-16-12-13-17-31(22)21-14-10-11-15-21/h18-19,21-24H,9-17H2,1-8H3,(H,29,32)/b20-18+/t22-,23-,24-/m1/s1. The normalized spacial score (nSPS) is 22.1. The van der Waals surface area contributed by atoms with Gasteiger partial charge >= 0.3 is 5.97 Å². The van der Waals surface area contributed by atoms with Crippen LogP contribution < -0.4 is 5.32 Å². The molecule has 1 heterocycles. The molecule has 0 bridgehead atoms. The summed E-state index contributed by atoms with van der Waals surface area (Å²) in [4.78, 5) is 43.7. The van der Waals surface area contributed by atoms with Gasteiger partial charge < -0.3 is 15.0 Å². The van der Waals surface area contributed by atoms with Crippen LogP contribution in [0.2, 0.25) is 0 Å². The Kier molecular flexibility index (Phi) is 10.8. The fourth-order valence-corrected chi connectivity index (χ4v) is 5.47. The maximum Gasteiger partial charge on any atom is 0.333 e. The Bertz CT molecular complexity index is 765. The lowest BCUT2D eigenvalue weighted by atomic mass is 9.84. The van der Waals surface area contributed by atoms with Crippen LogP contribution >= 0.6 is 0 Å². The van der Waals surface area contributed by atoms with Crippen molar-refractivity contribution in [1.82, 2.24) is 15.1 Å². The molecular weight excluding hydrogens is 442 g/mol. The van der Waals surface area contributed by atoms with Crippen molar-refractivity contribution in [1.29, 1.82) is 0 Å². The van der Waals surface area contributed by atoms with E-state index < -0.39 is 11.5 Å². The van der Waals surface area contributed by atoms with Gasteiger partial charge in [-0.2, -0.15) is 0 Å². The predicted molar refractivity (Wildman–Crippen MR) is 140 cm³/mol. The van der Waals surface area contributed by atoms with Crippen molar-refractivity contribution in [2.24, 2.45) is 11.3 Å². The second-order valence-electron chi connectivity index (χ2n) is 11.7. The SMILES string of the molecule is CCOC(=O)/C(C)=C/[C@H](C(C)C)N(C)C(=O)[C@@H](NC(=O)[C@H]1CCCCN1C1CCCC1)C(C)(C)C. The van der Waals surface area contributed by atoms with Gasteiger partial charge in [0.25, 0.3) is 0 Å². The molecule has 1 saturated heterocycles. The quantitative estimate of drug-likeness (QED) is 0.384. The van der Waals surface area contributed by atoms with Gasteiger partial charge in [0.2, 0.25) is 11.8 Å². The van der Waals surface area contributed by atoms with Crippen LogP contribution in [0.25, 0.3) is 0 Å². The highest BCUT2D eigenvalue weighted by Crippen LogP contribution is 2.30. The molecule has 7 nitrogen and oxygen atoms in total. The molecular formula is C28H49N3O4. The van der Waals surface area contributed by atoms with E-state index in [9.17, 15) is 14.4 Å². The molecule has 0 aromatic carbocycles. The second-order valence-corrected chi connectivity index (χ2v) is 11.7. The fourth-order valence-electron chi connectivity index (χ4n) is 5.47. The largest absolute Gasteiger partial charge is 0.463 e. The number of piperidine rings is 1. The van der Waals surface area contributed by atoms with Gasteiger partial charge in [0.1, 0.15) is 6.04 Å². The summed E-state index contributed by atoms with van der Waals surface area (Å²) in [5.41, 5.74) is 0.0194. The van der Waals surface area contributed by atoms with Gasteiger partial charge in [-0.05, 0) is 57.4 Å². The number of carbonyl (C=O) groups excluding carboxylic acids is 3. The lowest BCUT2D eigenvalue weighted by Gasteiger charge is -2.41. The van der Waals surface area contributed by atoms with Gasteiger partial charge in [-0.25, -0.2) is 4.79 Å². The van der Waals surface area contributed by atoms with E-state index in [1.165, 1.54) is 12.8 Å². The Labute approximate surface area is 213 Å². The van der Waals surface area contributed by atoms with Crippen LogP contribution in [-0.2, 0) is 19.1 Å². The number of amides is 2. The Morgan fingerprint density at radius 2 is 1.69 bits per heavy atom. The number of likely N-dealkylation sites (tertiary alicyclic amines) is 1. The third-order valence-electron chi connectivity index (χ3n) is 7.54. The minimum absolute atomic E-state index is 0.0300. The summed E-state index contributed by atoms with van der Waals surface area (Å²) in [5, 5.41) is 3.17. The van der Waals surface area contributed by atoms with Crippen LogP contribution in [0.15, 0.2) is 11.6 Å². The van der Waals surface area contributed by atoms with E-state index in [4.69, 9.17) is 4.74 Å². The molecule has 35 heavy (non-hydrogen) atoms. The molecule has 2 rings (SSSR count). The topological polar surface area (TPSA) is 79.0 Å². The lowest BCUT2D eigenvalue weighted by Crippen LogP contribution is -2.60. The summed E-state index contributed by atoms with van der Waals surface area (Å²) in [6.45, 7) is 14.8. The summed E-state index contributed by atoms with van der Waals surface area (Å²) in [6.07, 6.45) is 9.63. The summed E-state index contributed by atoms with van der Waals surface area (Å²) >= 11 is 0. The van der Waals surface area contributed by atoms with Crippen molar-refractivity contribution < 1.29 is 19.1 Å². The Balaban J connectivity index is 2.23. The van der Waals surface area contributed by atoms with Gasteiger partial charge in [-0.1, -0.05) is 60.0 Å². The summed E-state index contributed by atoms with van der Waals surface area (Å²) in [6, 6.07) is -0.635. The number of ether oxygens (including phenoxy) is 1. The van der Waals surface area contributed by atoms with Crippen LogP contribution in [0, 0.1) is 11.3 Å². The van der Waals surface area contributed by atoms with Gasteiger partial charge in [-0.15, -0.1) is 0 Å². The zero-order valence-corrected chi connectivity index (χ0v) is 23.4. The Morgan fingerprint density at radius 1 is 1.09 bits per heavy atom. The van der Waals surface area contributed by atoms with Crippen LogP contribution in [0.4, 0.5) is 0 Å². The molecule has 0 aromatic heterocycles. The van der Waals surface area contributed by atoms with E-state index >= 15 is 0 Å². The van der Waals surface area contributed by atoms with Crippen LogP contribution in [0.5, 0.6) is 0 Å². The monoisotopic (exact) mass is 491 g/mol. The number of carbonyl (C=O) groups is 3. The smallest absolute Gasteiger partial charge is 0.333 e. The summed E-state index contributed by atoms with van der Waals surface area (Å²) in [7, 11) is 1.76. The number of hydrogen-bond donors (Lipinski definition) is 1. The molecule has 7 heteroatoms. The first kappa shape index (κ1) is 29.3. The third-order valence-corrected chi connectivity index (χ3v) is 7.54. The van der Waals surface area contributed by atoms with E-state index in [0.717, 1.165) is 38.6 Å². The molecule has 0 unspecified atom stereocenters. The second kappa shape index (κ2) is 12.9. The molecule has 1 aliphatic heterocycles. The van der Waals surface area contributed by atoms with Gasteiger partial charge in [0.05, 0.1) is 18.7 Å². The first-order valence-corrected chi connectivity index (χ1v) is 13.6. The molecule has 2 aliphatic rings. The number of esters is 1. The lowest BCUT2D eigenvalue weighted by molar-refractivity contribution is -0.142. The fraction of sp³-hybridized carbons (Fsp3) is 0.821. The summed E-state index contributed by atoms with van der Waals surface area (Å²) < 4.78 is 5.13. The highest BCUT2D eigenvalue weighted by atomic mass is 16.5. The predicted octanol–water partition coefficient (Wildman–Crippen LogP) is 4.31. The van der Waals surface area contributed by atoms with Crippen molar-refractivity contribution in [2.75, 3.05) is 20.2 Å². The number of nitrogens with zero attached hydrogens (tertiary/aromatic N) is 2. The molecule has 1 aliphatic carbocycles. The molecule has 3 atom stereocenters. The Morgan fingerprint density at radius 3 is 2.23 bits per heavy atom. The van der Waals surface area contributed by atoms with Gasteiger partial charge in [0.15, 0.2) is 0 Å². The van der Waals surface area contributed by atoms with Crippen LogP contribution in [-0.4, -0.2) is 72.0 Å². The molecule has 0 spiro atoms. The van der Waals surface area contributed by atoms with Crippen LogP contribution in [0.1, 0.15) is 93.4 Å². The maximum atomic E-state index is 13.8. The molecule has 0 aromatic rings. The van der Waals surface area contributed by atoms with Crippen molar-refractivity contribution in [3.63, 3.8) is 0 Å². The first-order valence-electron chi connectivity index (χ1n) is 13.6. The number of hydrogen-bond acceptors (Lipinski definition) is 5. The zero-order chi connectivity index (χ0) is 26.3. The average molecular weight is 492 g/mol. The molecule has 200 valence electrons. The minimum Gasteiger partial charge on any atom is -0.463 e. The van der Waals surface area contributed by atoms with E-state index in [1.54, 1.807) is 25.8 Å². The van der Waals surface area contributed by atoms with E-state index in [2.05, 4.69) is 10.2 Å². The molecule has 1 saturated carbocycles. The number of rotatable bonds is 9. The minimum atomic E-state index is -0.662. The molecule has 1 N–H and O–H groups in total. The van der Waals surface area contributed by atoms with Crippen LogP contribution in [0.3, 0.4) is 0 Å². The van der Waals surface area contributed by atoms with Crippen molar-refractivity contribution in [2.45, 2.75) is 118 Å². The third kappa shape index (κ3) is 7.80. The highest BCUT2D eigenvalue weighted by molar-refractivity contribution is 5.91. The van der Waals surface area contributed by atoms with Gasteiger partial charge in [-0.3, -0.25) is 14.5 Å². The first-order chi connectivity index (χ1) is 16.4.